The van der Waals surface area contributed by atoms with Crippen LogP contribution in [0.1, 0.15) is 27.2 Å². The lowest BCUT2D eigenvalue weighted by Gasteiger charge is -2.01. The van der Waals surface area contributed by atoms with Gasteiger partial charge < -0.3 is 4.74 Å². The third kappa shape index (κ3) is 5.64. The molecule has 0 aliphatic rings. The van der Waals surface area contributed by atoms with Crippen molar-refractivity contribution in [1.82, 2.24) is 0 Å². The molecule has 0 spiro atoms. The van der Waals surface area contributed by atoms with Crippen LogP contribution in [0.2, 0.25) is 0 Å². The summed E-state index contributed by atoms with van der Waals surface area (Å²) in [5.74, 6) is 0.332. The molecule has 0 aromatic carbocycles. The van der Waals surface area contributed by atoms with Crippen molar-refractivity contribution in [2.24, 2.45) is 5.92 Å². The normalized spacial score (nSPS) is 11.9. The summed E-state index contributed by atoms with van der Waals surface area (Å²) in [6, 6.07) is 0. The first-order valence-electron chi connectivity index (χ1n) is 3.80. The predicted octanol–water partition coefficient (Wildman–Crippen LogP) is 2.15. The van der Waals surface area contributed by atoms with Crippen LogP contribution in [0.15, 0.2) is 11.6 Å². The van der Waals surface area contributed by atoms with Gasteiger partial charge in [0.05, 0.1) is 13.5 Å². The molecule has 64 valence electrons. The number of rotatable bonds is 3. The number of allylic oxidation sites excluding steroid dienone is 1. The molecule has 0 saturated heterocycles. The highest BCUT2D eigenvalue weighted by molar-refractivity contribution is 5.72. The lowest BCUT2D eigenvalue weighted by molar-refractivity contribution is -0.139. The van der Waals surface area contributed by atoms with Crippen molar-refractivity contribution in [2.75, 3.05) is 7.11 Å². The van der Waals surface area contributed by atoms with E-state index in [1.54, 1.807) is 0 Å². The van der Waals surface area contributed by atoms with Crippen molar-refractivity contribution in [3.63, 3.8) is 0 Å². The minimum absolute atomic E-state index is 0.167. The molecule has 0 bridgehead atoms. The van der Waals surface area contributed by atoms with Crippen LogP contribution in [0.5, 0.6) is 0 Å². The second-order valence-corrected chi connectivity index (χ2v) is 3.01. The molecule has 0 unspecified atom stereocenters. The Balaban J connectivity index is 3.86. The average molecular weight is 156 g/mol. The topological polar surface area (TPSA) is 26.3 Å². The van der Waals surface area contributed by atoms with Crippen molar-refractivity contribution >= 4 is 5.97 Å². The molecule has 0 rings (SSSR count). The van der Waals surface area contributed by atoms with E-state index in [-0.39, 0.29) is 5.97 Å². The molecule has 2 heteroatoms. The fraction of sp³-hybridized carbons (Fsp3) is 0.667. The van der Waals surface area contributed by atoms with Gasteiger partial charge in [-0.2, -0.15) is 0 Å². The van der Waals surface area contributed by atoms with E-state index >= 15 is 0 Å². The first-order valence-corrected chi connectivity index (χ1v) is 3.80. The second-order valence-electron chi connectivity index (χ2n) is 3.01. The first-order chi connectivity index (χ1) is 5.06. The van der Waals surface area contributed by atoms with Crippen LogP contribution < -0.4 is 0 Å². The number of ether oxygens (including phenoxy) is 1. The van der Waals surface area contributed by atoms with Gasteiger partial charge in [0.1, 0.15) is 0 Å². The van der Waals surface area contributed by atoms with E-state index in [0.717, 1.165) is 5.57 Å². The third-order valence-electron chi connectivity index (χ3n) is 1.27. The van der Waals surface area contributed by atoms with Gasteiger partial charge in [-0.05, 0) is 12.8 Å². The van der Waals surface area contributed by atoms with Crippen LogP contribution >= 0.6 is 0 Å². The molecule has 11 heavy (non-hydrogen) atoms. The lowest BCUT2D eigenvalue weighted by atomic mass is 10.1. The van der Waals surface area contributed by atoms with Crippen LogP contribution in [-0.4, -0.2) is 13.1 Å². The maximum absolute atomic E-state index is 10.7. The Morgan fingerprint density at radius 1 is 1.55 bits per heavy atom. The fourth-order valence-corrected chi connectivity index (χ4v) is 0.928. The van der Waals surface area contributed by atoms with Crippen LogP contribution in [-0.2, 0) is 9.53 Å². The van der Waals surface area contributed by atoms with E-state index in [0.29, 0.717) is 12.3 Å². The Kier molecular flexibility index (Phi) is 4.59. The Labute approximate surface area is 68.2 Å². The van der Waals surface area contributed by atoms with Gasteiger partial charge >= 0.3 is 5.97 Å². The van der Waals surface area contributed by atoms with Gasteiger partial charge in [-0.15, -0.1) is 0 Å². The lowest BCUT2D eigenvalue weighted by Crippen LogP contribution is -2.00. The molecule has 0 fully saturated rings. The predicted molar refractivity (Wildman–Crippen MR) is 45.2 cm³/mol. The van der Waals surface area contributed by atoms with Gasteiger partial charge in [0.25, 0.3) is 0 Å². The van der Waals surface area contributed by atoms with Gasteiger partial charge in [-0.25, -0.2) is 0 Å². The monoisotopic (exact) mass is 156 g/mol. The number of carbonyl (C=O) groups excluding carboxylic acids is 1. The third-order valence-corrected chi connectivity index (χ3v) is 1.27. The Bertz CT molecular complexity index is 157. The zero-order valence-corrected chi connectivity index (χ0v) is 7.68. The van der Waals surface area contributed by atoms with Crippen LogP contribution in [0.4, 0.5) is 0 Å². The Morgan fingerprint density at radius 3 is 2.45 bits per heavy atom. The molecule has 0 aromatic rings. The zero-order valence-electron chi connectivity index (χ0n) is 7.68. The number of esters is 1. The van der Waals surface area contributed by atoms with E-state index in [2.05, 4.69) is 24.7 Å². The van der Waals surface area contributed by atoms with Crippen molar-refractivity contribution in [3.8, 4) is 0 Å². The summed E-state index contributed by atoms with van der Waals surface area (Å²) < 4.78 is 4.52. The smallest absolute Gasteiger partial charge is 0.309 e. The summed E-state index contributed by atoms with van der Waals surface area (Å²) in [5, 5.41) is 0. The summed E-state index contributed by atoms with van der Waals surface area (Å²) in [6.45, 7) is 6.11. The number of carbonyl (C=O) groups is 1. The van der Waals surface area contributed by atoms with Gasteiger partial charge in [0, 0.05) is 0 Å². The quantitative estimate of drug-likeness (QED) is 0.462. The molecule has 2 nitrogen and oxygen atoms in total. The molecule has 0 aliphatic carbocycles. The molecule has 0 N–H and O–H groups in total. The molecular formula is C9H16O2. The minimum atomic E-state index is -0.167. The number of hydrogen-bond acceptors (Lipinski definition) is 2. The highest BCUT2D eigenvalue weighted by atomic mass is 16.5. The van der Waals surface area contributed by atoms with Crippen molar-refractivity contribution in [2.45, 2.75) is 27.2 Å². The molecule has 0 saturated carbocycles. The average Bonchev–Trinajstić information content (AvgIpc) is 1.85. The highest BCUT2D eigenvalue weighted by Gasteiger charge is 2.00. The van der Waals surface area contributed by atoms with Crippen molar-refractivity contribution < 1.29 is 9.53 Å². The fourth-order valence-electron chi connectivity index (χ4n) is 0.928. The molecule has 0 aromatic heterocycles. The summed E-state index contributed by atoms with van der Waals surface area (Å²) in [7, 11) is 1.41. The first kappa shape index (κ1) is 10.2. The van der Waals surface area contributed by atoms with Crippen LogP contribution in [0, 0.1) is 5.92 Å². The summed E-state index contributed by atoms with van der Waals surface area (Å²) in [6.07, 6.45) is 2.48. The second kappa shape index (κ2) is 4.94. The van der Waals surface area contributed by atoms with E-state index < -0.39 is 0 Å². The summed E-state index contributed by atoms with van der Waals surface area (Å²) in [4.78, 5) is 10.7. The van der Waals surface area contributed by atoms with E-state index in [4.69, 9.17) is 0 Å². The molecule has 0 amide bonds. The SMILES string of the molecule is COC(=O)C/C(C)=C/C(C)C. The summed E-state index contributed by atoms with van der Waals surface area (Å²) in [5.41, 5.74) is 1.08. The van der Waals surface area contributed by atoms with Crippen LogP contribution in [0.25, 0.3) is 0 Å². The van der Waals surface area contributed by atoms with Crippen LogP contribution in [0.3, 0.4) is 0 Å². The maximum Gasteiger partial charge on any atom is 0.309 e. The number of methoxy groups -OCH3 is 1. The van der Waals surface area contributed by atoms with E-state index in [1.807, 2.05) is 6.92 Å². The highest BCUT2D eigenvalue weighted by Crippen LogP contribution is 2.05. The standard InChI is InChI=1S/C9H16O2/c1-7(2)5-8(3)6-9(10)11-4/h5,7H,6H2,1-4H3/b8-5+. The summed E-state index contributed by atoms with van der Waals surface area (Å²) >= 11 is 0. The van der Waals surface area contributed by atoms with E-state index in [9.17, 15) is 4.79 Å². The van der Waals surface area contributed by atoms with Gasteiger partial charge in [0.2, 0.25) is 0 Å². The van der Waals surface area contributed by atoms with Crippen molar-refractivity contribution in [1.29, 1.82) is 0 Å². The molecule has 0 aliphatic heterocycles. The molecule has 0 atom stereocenters. The molecule has 0 heterocycles. The van der Waals surface area contributed by atoms with Gasteiger partial charge in [-0.1, -0.05) is 25.5 Å². The minimum Gasteiger partial charge on any atom is -0.469 e. The van der Waals surface area contributed by atoms with E-state index in [1.165, 1.54) is 7.11 Å². The largest absolute Gasteiger partial charge is 0.469 e. The maximum atomic E-state index is 10.7. The molecule has 0 radical (unpaired) electrons. The van der Waals surface area contributed by atoms with Gasteiger partial charge in [0.15, 0.2) is 0 Å². The Hall–Kier alpha value is -0.790. The van der Waals surface area contributed by atoms with Gasteiger partial charge in [-0.3, -0.25) is 4.79 Å². The van der Waals surface area contributed by atoms with Crippen molar-refractivity contribution in [3.05, 3.63) is 11.6 Å². The molecular weight excluding hydrogens is 140 g/mol. The number of hydrogen-bond donors (Lipinski definition) is 0. The Morgan fingerprint density at radius 2 is 2.09 bits per heavy atom. The zero-order chi connectivity index (χ0) is 8.85.